The van der Waals surface area contributed by atoms with Gasteiger partial charge in [0, 0.05) is 6.54 Å². The summed E-state index contributed by atoms with van der Waals surface area (Å²) in [6.07, 6.45) is -0.436. The van der Waals surface area contributed by atoms with Crippen LogP contribution in [0.15, 0.2) is 18.2 Å². The average molecular weight is 293 g/mol. The third-order valence-electron chi connectivity index (χ3n) is 3.59. The molecule has 1 aromatic rings. The average Bonchev–Trinajstić information content (AvgIpc) is 2.42. The van der Waals surface area contributed by atoms with E-state index in [-0.39, 0.29) is 0 Å². The van der Waals surface area contributed by atoms with Crippen LogP contribution in [0.5, 0.6) is 0 Å². The highest BCUT2D eigenvalue weighted by atomic mass is 16.5. The Morgan fingerprint density at radius 1 is 1.33 bits per heavy atom. The van der Waals surface area contributed by atoms with Gasteiger partial charge in [-0.05, 0) is 43.4 Å². The summed E-state index contributed by atoms with van der Waals surface area (Å²) in [5.41, 5.74) is 3.34. The van der Waals surface area contributed by atoms with Crippen molar-refractivity contribution in [2.75, 3.05) is 20.3 Å². The number of hydrogen-bond acceptors (Lipinski definition) is 3. The standard InChI is InChI=1S/C17H27NO3/c1-12(2)14-7-8-15(13(3)11-14)17(4,5)21-10-9-18-16(19)20-6/h7-8,11-12H,9-10H2,1-6H3,(H,18,19). The molecule has 4 nitrogen and oxygen atoms in total. The second kappa shape index (κ2) is 7.46. The lowest BCUT2D eigenvalue weighted by molar-refractivity contribution is -0.0199. The van der Waals surface area contributed by atoms with Gasteiger partial charge in [-0.1, -0.05) is 32.0 Å². The van der Waals surface area contributed by atoms with E-state index in [0.717, 1.165) is 0 Å². The minimum absolute atomic E-state index is 0.391. The van der Waals surface area contributed by atoms with E-state index in [1.54, 1.807) is 0 Å². The molecular formula is C17H27NO3. The van der Waals surface area contributed by atoms with Crippen LogP contribution < -0.4 is 5.32 Å². The molecule has 4 heteroatoms. The summed E-state index contributed by atoms with van der Waals surface area (Å²) in [6.45, 7) is 11.4. The maximum atomic E-state index is 11.0. The molecule has 0 atom stereocenters. The van der Waals surface area contributed by atoms with Gasteiger partial charge in [0.2, 0.25) is 0 Å². The molecule has 0 aliphatic carbocycles. The molecular weight excluding hydrogens is 266 g/mol. The Kier molecular flexibility index (Phi) is 6.21. The fourth-order valence-corrected chi connectivity index (χ4v) is 2.33. The van der Waals surface area contributed by atoms with Gasteiger partial charge in [0.1, 0.15) is 0 Å². The van der Waals surface area contributed by atoms with Crippen LogP contribution in [0.2, 0.25) is 0 Å². The lowest BCUT2D eigenvalue weighted by Gasteiger charge is -2.28. The number of benzene rings is 1. The minimum Gasteiger partial charge on any atom is -0.453 e. The maximum Gasteiger partial charge on any atom is 0.406 e. The molecule has 1 N–H and O–H groups in total. The van der Waals surface area contributed by atoms with E-state index < -0.39 is 11.7 Å². The predicted molar refractivity (Wildman–Crippen MR) is 84.7 cm³/mol. The number of nitrogens with one attached hydrogen (secondary N) is 1. The number of ether oxygens (including phenoxy) is 2. The van der Waals surface area contributed by atoms with E-state index in [2.05, 4.69) is 49.0 Å². The van der Waals surface area contributed by atoms with Crippen molar-refractivity contribution < 1.29 is 14.3 Å². The number of hydrogen-bond donors (Lipinski definition) is 1. The summed E-state index contributed by atoms with van der Waals surface area (Å²) >= 11 is 0. The lowest BCUT2D eigenvalue weighted by atomic mass is 9.90. The van der Waals surface area contributed by atoms with E-state index in [1.165, 1.54) is 23.8 Å². The molecule has 1 aromatic carbocycles. The summed E-state index contributed by atoms with van der Waals surface area (Å²) < 4.78 is 10.4. The summed E-state index contributed by atoms with van der Waals surface area (Å²) in [7, 11) is 1.35. The fraction of sp³-hybridized carbons (Fsp3) is 0.588. The van der Waals surface area contributed by atoms with Crippen LogP contribution >= 0.6 is 0 Å². The van der Waals surface area contributed by atoms with E-state index in [4.69, 9.17) is 4.74 Å². The molecule has 0 aromatic heterocycles. The van der Waals surface area contributed by atoms with Crippen LogP contribution in [0, 0.1) is 6.92 Å². The zero-order chi connectivity index (χ0) is 16.0. The molecule has 0 aliphatic rings. The largest absolute Gasteiger partial charge is 0.453 e. The third-order valence-corrected chi connectivity index (χ3v) is 3.59. The van der Waals surface area contributed by atoms with Crippen molar-refractivity contribution in [2.24, 2.45) is 0 Å². The molecule has 0 bridgehead atoms. The Labute approximate surface area is 127 Å². The van der Waals surface area contributed by atoms with Gasteiger partial charge in [-0.15, -0.1) is 0 Å². The van der Waals surface area contributed by atoms with Crippen LogP contribution in [0.3, 0.4) is 0 Å². The second-order valence-electron chi connectivity index (χ2n) is 6.01. The van der Waals surface area contributed by atoms with E-state index >= 15 is 0 Å². The zero-order valence-corrected chi connectivity index (χ0v) is 13.9. The second-order valence-corrected chi connectivity index (χ2v) is 6.01. The SMILES string of the molecule is COC(=O)NCCOC(C)(C)c1ccc(C(C)C)cc1C. The van der Waals surface area contributed by atoms with Crippen molar-refractivity contribution in [1.29, 1.82) is 0 Å². The third kappa shape index (κ3) is 5.05. The van der Waals surface area contributed by atoms with Crippen molar-refractivity contribution in [3.05, 3.63) is 34.9 Å². The highest BCUT2D eigenvalue weighted by molar-refractivity contribution is 5.66. The molecule has 1 rings (SSSR count). The van der Waals surface area contributed by atoms with Gasteiger partial charge in [-0.25, -0.2) is 4.79 Å². The molecule has 1 amide bonds. The molecule has 0 fully saturated rings. The number of rotatable bonds is 6. The van der Waals surface area contributed by atoms with Crippen molar-refractivity contribution in [1.82, 2.24) is 5.32 Å². The first-order valence-electron chi connectivity index (χ1n) is 7.34. The number of aryl methyl sites for hydroxylation is 1. The molecule has 0 aliphatic heterocycles. The van der Waals surface area contributed by atoms with E-state index in [1.807, 2.05) is 13.8 Å². The molecule has 0 heterocycles. The topological polar surface area (TPSA) is 47.6 Å². The number of alkyl carbamates (subject to hydrolysis) is 1. The van der Waals surface area contributed by atoms with Crippen molar-refractivity contribution >= 4 is 6.09 Å². The fourth-order valence-electron chi connectivity index (χ4n) is 2.33. The predicted octanol–water partition coefficient (Wildman–Crippen LogP) is 3.73. The number of methoxy groups -OCH3 is 1. The van der Waals surface area contributed by atoms with Crippen LogP contribution in [-0.2, 0) is 15.1 Å². The molecule has 0 saturated heterocycles. The van der Waals surface area contributed by atoms with Crippen LogP contribution in [0.4, 0.5) is 4.79 Å². The van der Waals surface area contributed by atoms with Crippen LogP contribution in [0.1, 0.15) is 50.3 Å². The van der Waals surface area contributed by atoms with Crippen LogP contribution in [-0.4, -0.2) is 26.4 Å². The molecule has 0 saturated carbocycles. The summed E-state index contributed by atoms with van der Waals surface area (Å²) in [4.78, 5) is 11.0. The molecule has 118 valence electrons. The van der Waals surface area contributed by atoms with Gasteiger partial charge < -0.3 is 14.8 Å². The summed E-state index contributed by atoms with van der Waals surface area (Å²) in [5.74, 6) is 0.519. The highest BCUT2D eigenvalue weighted by Crippen LogP contribution is 2.29. The quantitative estimate of drug-likeness (QED) is 0.813. The Bertz CT molecular complexity index is 481. The Balaban J connectivity index is 2.67. The summed E-state index contributed by atoms with van der Waals surface area (Å²) in [6, 6.07) is 6.51. The molecule has 0 unspecified atom stereocenters. The van der Waals surface area contributed by atoms with Gasteiger partial charge in [-0.2, -0.15) is 0 Å². The van der Waals surface area contributed by atoms with Gasteiger partial charge >= 0.3 is 6.09 Å². The first kappa shape index (κ1) is 17.5. The first-order chi connectivity index (χ1) is 9.77. The summed E-state index contributed by atoms with van der Waals surface area (Å²) in [5, 5.41) is 2.61. The zero-order valence-electron chi connectivity index (χ0n) is 13.9. The van der Waals surface area contributed by atoms with Gasteiger partial charge in [-0.3, -0.25) is 0 Å². The van der Waals surface area contributed by atoms with Crippen LogP contribution in [0.25, 0.3) is 0 Å². The number of carbonyl (C=O) groups excluding carboxylic acids is 1. The van der Waals surface area contributed by atoms with Crippen molar-refractivity contribution in [3.8, 4) is 0 Å². The minimum atomic E-state index is -0.436. The molecule has 0 radical (unpaired) electrons. The maximum absolute atomic E-state index is 11.0. The highest BCUT2D eigenvalue weighted by Gasteiger charge is 2.23. The Hall–Kier alpha value is -1.55. The normalized spacial score (nSPS) is 11.6. The number of carbonyl (C=O) groups is 1. The van der Waals surface area contributed by atoms with E-state index in [0.29, 0.717) is 19.1 Å². The Morgan fingerprint density at radius 2 is 2.00 bits per heavy atom. The van der Waals surface area contributed by atoms with Crippen molar-refractivity contribution in [2.45, 2.75) is 46.1 Å². The lowest BCUT2D eigenvalue weighted by Crippen LogP contribution is -2.31. The van der Waals surface area contributed by atoms with Gasteiger partial charge in [0.15, 0.2) is 0 Å². The Morgan fingerprint density at radius 3 is 2.52 bits per heavy atom. The van der Waals surface area contributed by atoms with Crippen molar-refractivity contribution in [3.63, 3.8) is 0 Å². The molecule has 21 heavy (non-hydrogen) atoms. The smallest absolute Gasteiger partial charge is 0.406 e. The van der Waals surface area contributed by atoms with Gasteiger partial charge in [0.05, 0.1) is 19.3 Å². The van der Waals surface area contributed by atoms with Gasteiger partial charge in [0.25, 0.3) is 0 Å². The first-order valence-corrected chi connectivity index (χ1v) is 7.34. The monoisotopic (exact) mass is 293 g/mol. The number of amides is 1. The molecule has 0 spiro atoms. The van der Waals surface area contributed by atoms with E-state index in [9.17, 15) is 4.79 Å².